The van der Waals surface area contributed by atoms with Crippen molar-refractivity contribution >= 4 is 47.4 Å². The van der Waals surface area contributed by atoms with Crippen LogP contribution in [0.3, 0.4) is 0 Å². The molecule has 13 nitrogen and oxygen atoms in total. The third-order valence-corrected chi connectivity index (χ3v) is 7.17. The lowest BCUT2D eigenvalue weighted by Crippen LogP contribution is -2.62. The van der Waals surface area contributed by atoms with Crippen molar-refractivity contribution < 1.29 is 44.1 Å². The number of Topliss-reactive ketones (excluding diaryl/α,β-unsaturated/α-hetero) is 1. The third kappa shape index (κ3) is 7.05. The summed E-state index contributed by atoms with van der Waals surface area (Å²) in [6.07, 6.45) is -0.659. The van der Waals surface area contributed by atoms with Gasteiger partial charge in [-0.05, 0) is 19.3 Å². The molecule has 33 heavy (non-hydrogen) atoms. The molecule has 0 spiro atoms. The number of carbonyl (C=O) groups is 6. The van der Waals surface area contributed by atoms with E-state index in [0.717, 1.165) is 5.75 Å². The molecule has 2 heterocycles. The number of carbonyl (C=O) groups excluding carboxylic acids is 3. The fourth-order valence-corrected chi connectivity index (χ4v) is 5.40. The molecule has 3 amide bonds. The van der Waals surface area contributed by atoms with Gasteiger partial charge in [0.25, 0.3) is 0 Å². The van der Waals surface area contributed by atoms with Crippen LogP contribution in [0, 0.1) is 0 Å². The molecular weight excluding hydrogens is 460 g/mol. The van der Waals surface area contributed by atoms with E-state index >= 15 is 0 Å². The highest BCUT2D eigenvalue weighted by molar-refractivity contribution is 8.00. The highest BCUT2D eigenvalue weighted by Gasteiger charge is 2.45. The summed E-state index contributed by atoms with van der Waals surface area (Å²) in [6, 6.07) is -1.78. The second-order valence-electron chi connectivity index (χ2n) is 8.13. The summed E-state index contributed by atoms with van der Waals surface area (Å²) in [7, 11) is 0. The van der Waals surface area contributed by atoms with Gasteiger partial charge in [-0.15, -0.1) is 0 Å². The Balaban J connectivity index is 1.93. The van der Waals surface area contributed by atoms with E-state index in [4.69, 9.17) is 15.9 Å². The van der Waals surface area contributed by atoms with Crippen LogP contribution in [-0.2, 0) is 24.0 Å². The Kier molecular flexibility index (Phi) is 9.05. The largest absolute Gasteiger partial charge is 0.481 e. The summed E-state index contributed by atoms with van der Waals surface area (Å²) in [4.78, 5) is 70.0. The van der Waals surface area contributed by atoms with Crippen LogP contribution < -0.4 is 21.7 Å². The van der Waals surface area contributed by atoms with Crippen molar-refractivity contribution in [1.29, 1.82) is 0 Å². The number of unbranched alkanes of at least 4 members (excludes halogenated alkanes) is 1. The Bertz CT molecular complexity index is 823. The minimum atomic E-state index is -2.49. The Morgan fingerprint density at radius 1 is 1.09 bits per heavy atom. The minimum absolute atomic E-state index is 0.00310. The van der Waals surface area contributed by atoms with Gasteiger partial charge < -0.3 is 37.0 Å². The lowest BCUT2D eigenvalue weighted by atomic mass is 9.86. The molecule has 0 unspecified atom stereocenters. The third-order valence-electron chi connectivity index (χ3n) is 5.66. The van der Waals surface area contributed by atoms with Gasteiger partial charge in [-0.25, -0.2) is 9.59 Å². The van der Waals surface area contributed by atoms with E-state index in [1.54, 1.807) is 11.8 Å². The first-order valence-electron chi connectivity index (χ1n) is 10.4. The fraction of sp³-hybridized carbons (Fsp3) is 0.684. The Labute approximate surface area is 193 Å². The Morgan fingerprint density at radius 2 is 1.79 bits per heavy atom. The molecule has 2 aliphatic rings. The minimum Gasteiger partial charge on any atom is -0.481 e. The van der Waals surface area contributed by atoms with Crippen LogP contribution >= 0.6 is 11.8 Å². The Morgan fingerprint density at radius 3 is 2.39 bits per heavy atom. The van der Waals surface area contributed by atoms with Crippen LogP contribution in [0.15, 0.2) is 0 Å². The number of amides is 3. The van der Waals surface area contributed by atoms with E-state index in [-0.39, 0.29) is 29.8 Å². The fourth-order valence-electron chi connectivity index (χ4n) is 3.85. The van der Waals surface area contributed by atoms with E-state index in [1.807, 2.05) is 5.32 Å². The molecule has 184 valence electrons. The number of carboxylic acid groups (broad SMARTS) is 3. The molecule has 0 aromatic heterocycles. The zero-order valence-electron chi connectivity index (χ0n) is 17.7. The molecule has 2 fully saturated rings. The quantitative estimate of drug-likeness (QED) is 0.0881. The van der Waals surface area contributed by atoms with Crippen molar-refractivity contribution in [3.63, 3.8) is 0 Å². The zero-order chi connectivity index (χ0) is 24.8. The highest BCUT2D eigenvalue weighted by atomic mass is 32.2. The molecule has 2 aliphatic heterocycles. The molecule has 14 heteroatoms. The molecular formula is C19H28N4O9S. The number of fused-ring (bicyclic) bond motifs is 1. The maximum absolute atomic E-state index is 12.7. The molecule has 0 aromatic carbocycles. The number of aliphatic carboxylic acids is 3. The van der Waals surface area contributed by atoms with E-state index in [0.29, 0.717) is 19.3 Å². The van der Waals surface area contributed by atoms with Crippen LogP contribution in [0.1, 0.15) is 44.9 Å². The Hall–Kier alpha value is -2.87. The van der Waals surface area contributed by atoms with Crippen molar-refractivity contribution in [3.05, 3.63) is 0 Å². The van der Waals surface area contributed by atoms with Gasteiger partial charge in [0.15, 0.2) is 11.3 Å². The van der Waals surface area contributed by atoms with Crippen molar-refractivity contribution in [2.75, 3.05) is 5.75 Å². The van der Waals surface area contributed by atoms with Crippen LogP contribution in [0.4, 0.5) is 4.79 Å². The van der Waals surface area contributed by atoms with Gasteiger partial charge in [0, 0.05) is 23.8 Å². The average molecular weight is 489 g/mol. The molecule has 0 saturated carbocycles. The summed E-state index contributed by atoms with van der Waals surface area (Å²) < 4.78 is 0. The summed E-state index contributed by atoms with van der Waals surface area (Å²) in [5, 5.41) is 34.9. The first-order valence-corrected chi connectivity index (χ1v) is 11.5. The number of hydrogen-bond acceptors (Lipinski definition) is 8. The normalized spacial score (nSPS) is 24.0. The SMILES string of the molecule is N[C@](CC(=O)O)(C(=O)CCCC[C@@H]1SC[C@@H]2NC(=O)N[C@@H]21)C(=O)N[C@@H](CCC(=O)O)C(=O)O. The molecule has 8 N–H and O–H groups in total. The average Bonchev–Trinajstić information content (AvgIpc) is 3.26. The highest BCUT2D eigenvalue weighted by Crippen LogP contribution is 2.33. The van der Waals surface area contributed by atoms with Crippen molar-refractivity contribution in [2.45, 2.75) is 73.9 Å². The predicted molar refractivity (Wildman–Crippen MR) is 115 cm³/mol. The number of ketones is 1. The van der Waals surface area contributed by atoms with Crippen LogP contribution in [0.25, 0.3) is 0 Å². The van der Waals surface area contributed by atoms with Crippen LogP contribution in [0.5, 0.6) is 0 Å². The number of nitrogens with two attached hydrogens (primary N) is 1. The van der Waals surface area contributed by atoms with Crippen molar-refractivity contribution in [2.24, 2.45) is 5.73 Å². The van der Waals surface area contributed by atoms with Crippen molar-refractivity contribution in [1.82, 2.24) is 16.0 Å². The molecule has 0 aromatic rings. The van der Waals surface area contributed by atoms with Crippen molar-refractivity contribution in [3.8, 4) is 0 Å². The first-order chi connectivity index (χ1) is 15.4. The van der Waals surface area contributed by atoms with Crippen LogP contribution in [-0.4, -0.2) is 85.6 Å². The van der Waals surface area contributed by atoms with Gasteiger partial charge in [0.05, 0.1) is 18.5 Å². The van der Waals surface area contributed by atoms with E-state index in [2.05, 4.69) is 10.6 Å². The molecule has 2 saturated heterocycles. The summed E-state index contributed by atoms with van der Waals surface area (Å²) in [5.74, 6) is -5.67. The van der Waals surface area contributed by atoms with Gasteiger partial charge in [-0.3, -0.25) is 19.2 Å². The van der Waals surface area contributed by atoms with Gasteiger partial charge >= 0.3 is 23.9 Å². The maximum Gasteiger partial charge on any atom is 0.326 e. The lowest BCUT2D eigenvalue weighted by Gasteiger charge is -2.27. The van der Waals surface area contributed by atoms with Crippen LogP contribution in [0.2, 0.25) is 0 Å². The van der Waals surface area contributed by atoms with E-state index in [9.17, 15) is 33.9 Å². The molecule has 2 rings (SSSR count). The second kappa shape index (κ2) is 11.3. The lowest BCUT2D eigenvalue weighted by molar-refractivity contribution is -0.149. The maximum atomic E-state index is 12.7. The monoisotopic (exact) mass is 488 g/mol. The number of hydrogen-bond donors (Lipinski definition) is 7. The summed E-state index contributed by atoms with van der Waals surface area (Å²) in [6.45, 7) is 0. The van der Waals surface area contributed by atoms with Gasteiger partial charge in [0.2, 0.25) is 5.91 Å². The topological polar surface area (TPSA) is 225 Å². The summed E-state index contributed by atoms with van der Waals surface area (Å²) >= 11 is 1.70. The number of urea groups is 1. The second-order valence-corrected chi connectivity index (χ2v) is 9.40. The van der Waals surface area contributed by atoms with Gasteiger partial charge in [-0.2, -0.15) is 11.8 Å². The molecule has 0 aliphatic carbocycles. The zero-order valence-corrected chi connectivity index (χ0v) is 18.6. The molecule has 5 atom stereocenters. The summed E-state index contributed by atoms with van der Waals surface area (Å²) in [5.41, 5.74) is 3.38. The number of nitrogens with one attached hydrogen (secondary N) is 3. The van der Waals surface area contributed by atoms with Gasteiger partial charge in [-0.1, -0.05) is 6.42 Å². The predicted octanol–water partition coefficient (Wildman–Crippen LogP) is -1.11. The van der Waals surface area contributed by atoms with E-state index in [1.165, 1.54) is 0 Å². The van der Waals surface area contributed by atoms with E-state index < -0.39 is 60.4 Å². The standard InChI is InChI=1S/C19H28N4O9S/c20-19(7-14(27)28,17(31)21-9(16(29)30)5-6-13(25)26)12(24)4-2-1-3-11-15-10(8-33-11)22-18(32)23-15/h9-11,15H,1-8,20H2,(H,21,31)(H,25,26)(H,27,28)(H,29,30)(H2,22,23,32)/t9-,10-,11-,15-,19+/m0/s1. The number of carboxylic acids is 3. The molecule has 0 bridgehead atoms. The van der Waals surface area contributed by atoms with Gasteiger partial charge in [0.1, 0.15) is 6.04 Å². The number of rotatable bonds is 14. The smallest absolute Gasteiger partial charge is 0.326 e. The first kappa shape index (κ1) is 26.4. The molecule has 0 radical (unpaired) electrons. The number of thioether (sulfide) groups is 1.